The highest BCUT2D eigenvalue weighted by Crippen LogP contribution is 2.26. The van der Waals surface area contributed by atoms with Gasteiger partial charge < -0.3 is 10.1 Å². The van der Waals surface area contributed by atoms with Crippen molar-refractivity contribution in [2.45, 2.75) is 39.0 Å². The summed E-state index contributed by atoms with van der Waals surface area (Å²) in [5.74, 6) is -2.99. The van der Waals surface area contributed by atoms with Gasteiger partial charge in [0.2, 0.25) is 0 Å². The highest BCUT2D eigenvalue weighted by atomic mass is 19.3. The van der Waals surface area contributed by atoms with Crippen LogP contribution in [0, 0.1) is 5.92 Å². The van der Waals surface area contributed by atoms with Crippen molar-refractivity contribution in [3.8, 4) is 0 Å². The summed E-state index contributed by atoms with van der Waals surface area (Å²) >= 11 is 0. The van der Waals surface area contributed by atoms with Crippen LogP contribution in [0.2, 0.25) is 0 Å². The molecule has 3 nitrogen and oxygen atoms in total. The minimum absolute atomic E-state index is 0.0571. The maximum Gasteiger partial charge on any atom is 0.407 e. The maximum absolute atomic E-state index is 13.2. The Labute approximate surface area is 89.2 Å². The third-order valence-electron chi connectivity index (χ3n) is 2.05. The number of hydrogen-bond donors (Lipinski definition) is 1. The van der Waals surface area contributed by atoms with Crippen molar-refractivity contribution in [1.82, 2.24) is 5.32 Å². The molecule has 0 saturated carbocycles. The largest absolute Gasteiger partial charge is 0.443 e. The van der Waals surface area contributed by atoms with Crippen molar-refractivity contribution >= 4 is 6.09 Å². The highest BCUT2D eigenvalue weighted by Gasteiger charge is 2.32. The van der Waals surface area contributed by atoms with Crippen LogP contribution in [-0.2, 0) is 4.74 Å². The summed E-state index contributed by atoms with van der Waals surface area (Å²) in [5.41, 5.74) is 0. The molecule has 0 aliphatic heterocycles. The van der Waals surface area contributed by atoms with E-state index in [1.807, 2.05) is 6.92 Å². The summed E-state index contributed by atoms with van der Waals surface area (Å²) < 4.78 is 30.7. The fourth-order valence-electron chi connectivity index (χ4n) is 1.41. The van der Waals surface area contributed by atoms with E-state index in [2.05, 4.69) is 10.1 Å². The van der Waals surface area contributed by atoms with Gasteiger partial charge >= 0.3 is 6.09 Å². The van der Waals surface area contributed by atoms with Crippen LogP contribution in [-0.4, -0.2) is 25.7 Å². The molecule has 0 saturated heterocycles. The van der Waals surface area contributed by atoms with Crippen molar-refractivity contribution in [1.29, 1.82) is 0 Å². The van der Waals surface area contributed by atoms with Crippen LogP contribution >= 0.6 is 0 Å². The van der Waals surface area contributed by atoms with Crippen LogP contribution in [0.25, 0.3) is 0 Å². The van der Waals surface area contributed by atoms with Crippen molar-refractivity contribution in [2.75, 3.05) is 13.7 Å². The number of carbonyl (C=O) groups is 1. The Balaban J connectivity index is 3.90. The predicted molar refractivity (Wildman–Crippen MR) is 54.0 cm³/mol. The molecule has 15 heavy (non-hydrogen) atoms. The number of halogens is 2. The normalized spacial score (nSPS) is 13.4. The number of rotatable bonds is 6. The zero-order chi connectivity index (χ0) is 11.9. The van der Waals surface area contributed by atoms with Crippen LogP contribution in [0.5, 0.6) is 0 Å². The van der Waals surface area contributed by atoms with E-state index in [4.69, 9.17) is 0 Å². The van der Waals surface area contributed by atoms with Gasteiger partial charge in [0, 0.05) is 13.5 Å². The van der Waals surface area contributed by atoms with E-state index in [1.54, 1.807) is 6.92 Å². The Morgan fingerprint density at radius 3 is 2.60 bits per heavy atom. The molecule has 0 aromatic carbocycles. The summed E-state index contributed by atoms with van der Waals surface area (Å²) in [4.78, 5) is 10.6. The van der Waals surface area contributed by atoms with Crippen LogP contribution in [0.4, 0.5) is 13.6 Å². The van der Waals surface area contributed by atoms with Crippen LogP contribution in [0.3, 0.4) is 0 Å². The Morgan fingerprint density at radius 2 is 2.13 bits per heavy atom. The Hall–Kier alpha value is -0.870. The monoisotopic (exact) mass is 223 g/mol. The predicted octanol–water partition coefficient (Wildman–Crippen LogP) is 2.80. The number of alkyl carbamates (subject to hydrolysis) is 1. The first kappa shape index (κ1) is 14.1. The van der Waals surface area contributed by atoms with Gasteiger partial charge in [-0.25, -0.2) is 13.6 Å². The van der Waals surface area contributed by atoms with Gasteiger partial charge in [0.1, 0.15) is 0 Å². The molecule has 0 aromatic heterocycles. The second-order valence-electron chi connectivity index (χ2n) is 3.78. The van der Waals surface area contributed by atoms with E-state index in [0.717, 1.165) is 12.8 Å². The molecule has 0 fully saturated rings. The SMILES string of the molecule is CCCC(C)CC(F)(F)COC(=O)NC. The highest BCUT2D eigenvalue weighted by molar-refractivity contribution is 5.66. The molecule has 1 N–H and O–H groups in total. The first-order valence-corrected chi connectivity index (χ1v) is 5.13. The summed E-state index contributed by atoms with van der Waals surface area (Å²) in [6.07, 6.45) is 0.582. The average Bonchev–Trinajstić information content (AvgIpc) is 2.13. The van der Waals surface area contributed by atoms with Gasteiger partial charge in [0.15, 0.2) is 6.61 Å². The number of alkyl halides is 2. The summed E-state index contributed by atoms with van der Waals surface area (Å²) in [7, 11) is 1.33. The lowest BCUT2D eigenvalue weighted by atomic mass is 9.98. The Kier molecular flexibility index (Phi) is 6.20. The van der Waals surface area contributed by atoms with Crippen LogP contribution in [0.15, 0.2) is 0 Å². The molecule has 0 aliphatic carbocycles. The fourth-order valence-corrected chi connectivity index (χ4v) is 1.41. The summed E-state index contributed by atoms with van der Waals surface area (Å²) in [6.45, 7) is 2.88. The molecule has 0 aromatic rings. The third kappa shape index (κ3) is 7.11. The lowest BCUT2D eigenvalue weighted by molar-refractivity contribution is -0.0703. The molecular formula is C10H19F2NO2. The van der Waals surface area contributed by atoms with E-state index in [0.29, 0.717) is 0 Å². The quantitative estimate of drug-likeness (QED) is 0.752. The molecule has 0 rings (SSSR count). The molecule has 1 unspecified atom stereocenters. The fraction of sp³-hybridized carbons (Fsp3) is 0.900. The number of hydrogen-bond acceptors (Lipinski definition) is 2. The van der Waals surface area contributed by atoms with Crippen molar-refractivity contribution in [2.24, 2.45) is 5.92 Å². The third-order valence-corrected chi connectivity index (χ3v) is 2.05. The number of ether oxygens (including phenoxy) is 1. The molecular weight excluding hydrogens is 204 g/mol. The first-order chi connectivity index (χ1) is 6.91. The van der Waals surface area contributed by atoms with Crippen LogP contribution < -0.4 is 5.32 Å². The number of carbonyl (C=O) groups excluding carboxylic acids is 1. The summed E-state index contributed by atoms with van der Waals surface area (Å²) in [6, 6.07) is 0. The second-order valence-corrected chi connectivity index (χ2v) is 3.78. The standard InChI is InChI=1S/C10H19F2NO2/c1-4-5-8(2)6-10(11,12)7-15-9(14)13-3/h8H,4-7H2,1-3H3,(H,13,14). The minimum Gasteiger partial charge on any atom is -0.443 e. The average molecular weight is 223 g/mol. The van der Waals surface area contributed by atoms with Gasteiger partial charge in [-0.1, -0.05) is 26.7 Å². The van der Waals surface area contributed by atoms with E-state index >= 15 is 0 Å². The summed E-state index contributed by atoms with van der Waals surface area (Å²) in [5, 5.41) is 2.12. The molecule has 5 heteroatoms. The van der Waals surface area contributed by atoms with Gasteiger partial charge in [-0.3, -0.25) is 0 Å². The van der Waals surface area contributed by atoms with Crippen molar-refractivity contribution in [3.05, 3.63) is 0 Å². The molecule has 1 amide bonds. The van der Waals surface area contributed by atoms with Gasteiger partial charge in [-0.05, 0) is 5.92 Å². The topological polar surface area (TPSA) is 38.3 Å². The first-order valence-electron chi connectivity index (χ1n) is 5.13. The second kappa shape index (κ2) is 6.58. The lowest BCUT2D eigenvalue weighted by Gasteiger charge is -2.19. The van der Waals surface area contributed by atoms with E-state index in [1.165, 1.54) is 7.05 Å². The smallest absolute Gasteiger partial charge is 0.407 e. The molecule has 0 spiro atoms. The molecule has 0 radical (unpaired) electrons. The van der Waals surface area contributed by atoms with E-state index < -0.39 is 18.6 Å². The molecule has 1 atom stereocenters. The van der Waals surface area contributed by atoms with E-state index in [9.17, 15) is 13.6 Å². The number of amides is 1. The molecule has 0 heterocycles. The minimum atomic E-state index is -2.93. The van der Waals surface area contributed by atoms with Crippen LogP contribution in [0.1, 0.15) is 33.1 Å². The van der Waals surface area contributed by atoms with Gasteiger partial charge in [0.05, 0.1) is 0 Å². The zero-order valence-corrected chi connectivity index (χ0v) is 9.48. The Morgan fingerprint density at radius 1 is 1.53 bits per heavy atom. The molecule has 0 bridgehead atoms. The molecule has 90 valence electrons. The Bertz CT molecular complexity index is 198. The van der Waals surface area contributed by atoms with E-state index in [-0.39, 0.29) is 12.3 Å². The van der Waals surface area contributed by atoms with Gasteiger partial charge in [-0.15, -0.1) is 0 Å². The maximum atomic E-state index is 13.2. The lowest BCUT2D eigenvalue weighted by Crippen LogP contribution is -2.31. The van der Waals surface area contributed by atoms with Crippen molar-refractivity contribution < 1.29 is 18.3 Å². The zero-order valence-electron chi connectivity index (χ0n) is 9.48. The van der Waals surface area contributed by atoms with Gasteiger partial charge in [0.25, 0.3) is 5.92 Å². The van der Waals surface area contributed by atoms with Gasteiger partial charge in [-0.2, -0.15) is 0 Å². The molecule has 0 aliphatic rings. The number of nitrogens with one attached hydrogen (secondary N) is 1. The van der Waals surface area contributed by atoms with Crippen molar-refractivity contribution in [3.63, 3.8) is 0 Å².